The molecule has 1 amide bonds. The van der Waals surface area contributed by atoms with E-state index >= 15 is 0 Å². The van der Waals surface area contributed by atoms with E-state index in [2.05, 4.69) is 25.0 Å². The maximum Gasteiger partial charge on any atom is 0.299 e. The van der Waals surface area contributed by atoms with E-state index in [1.165, 1.54) is 0 Å². The molecule has 1 saturated heterocycles. The highest BCUT2D eigenvalue weighted by Gasteiger charge is 2.28. The van der Waals surface area contributed by atoms with Gasteiger partial charge < -0.3 is 19.8 Å². The molecule has 0 bridgehead atoms. The number of amides is 1. The van der Waals surface area contributed by atoms with Crippen LogP contribution < -0.4 is 10.6 Å². The second kappa shape index (κ2) is 8.78. The minimum Gasteiger partial charge on any atom is -0.422 e. The highest BCUT2D eigenvalue weighted by atomic mass is 16.5. The fourth-order valence-corrected chi connectivity index (χ4v) is 3.76. The molecule has 1 fully saturated rings. The average Bonchev–Trinajstić information content (AvgIpc) is 3.31. The van der Waals surface area contributed by atoms with Crippen LogP contribution in [0.1, 0.15) is 43.0 Å². The van der Waals surface area contributed by atoms with Crippen LogP contribution in [0.5, 0.6) is 0 Å². The second-order valence-corrected chi connectivity index (χ2v) is 7.48. The van der Waals surface area contributed by atoms with Crippen molar-refractivity contribution in [2.45, 2.75) is 45.6 Å². The Bertz CT molecular complexity index is 1020. The van der Waals surface area contributed by atoms with Crippen LogP contribution >= 0.6 is 0 Å². The number of nitrogens with two attached hydrogens (primary N) is 1. The SMILES string of the molecule is CCOCCn1nc(CC(N)=O)nc1C1CCN(c2nc3nc(C)ccc3o2)CC1. The Morgan fingerprint density at radius 2 is 2.07 bits per heavy atom. The average molecular weight is 413 g/mol. The number of nitrogens with zero attached hydrogens (tertiary/aromatic N) is 6. The maximum atomic E-state index is 11.3. The molecule has 0 saturated carbocycles. The molecule has 0 radical (unpaired) electrons. The molecular formula is C20H27N7O3. The molecule has 3 aromatic heterocycles. The molecule has 1 aliphatic heterocycles. The summed E-state index contributed by atoms with van der Waals surface area (Å²) in [4.78, 5) is 27.0. The number of ether oxygens (including phenoxy) is 1. The Morgan fingerprint density at radius 3 is 2.80 bits per heavy atom. The molecule has 0 aromatic carbocycles. The zero-order valence-electron chi connectivity index (χ0n) is 17.4. The molecule has 4 rings (SSSR count). The zero-order valence-corrected chi connectivity index (χ0v) is 17.4. The van der Waals surface area contributed by atoms with Gasteiger partial charge in [0.15, 0.2) is 11.4 Å². The van der Waals surface area contributed by atoms with Crippen LogP contribution in [-0.4, -0.2) is 56.9 Å². The van der Waals surface area contributed by atoms with E-state index in [0.29, 0.717) is 42.8 Å². The van der Waals surface area contributed by atoms with Crippen molar-refractivity contribution in [2.24, 2.45) is 5.73 Å². The van der Waals surface area contributed by atoms with Gasteiger partial charge in [-0.25, -0.2) is 14.6 Å². The highest BCUT2D eigenvalue weighted by Crippen LogP contribution is 2.30. The Kier molecular flexibility index (Phi) is 5.93. The van der Waals surface area contributed by atoms with Gasteiger partial charge in [-0.15, -0.1) is 0 Å². The van der Waals surface area contributed by atoms with Crippen LogP contribution in [0.15, 0.2) is 16.5 Å². The van der Waals surface area contributed by atoms with E-state index in [4.69, 9.17) is 14.9 Å². The molecule has 10 heteroatoms. The van der Waals surface area contributed by atoms with Crippen LogP contribution in [0.2, 0.25) is 0 Å². The Labute approximate surface area is 174 Å². The van der Waals surface area contributed by atoms with Gasteiger partial charge in [0, 0.05) is 31.3 Å². The number of fused-ring (bicyclic) bond motifs is 1. The first-order chi connectivity index (χ1) is 14.5. The Morgan fingerprint density at radius 1 is 1.27 bits per heavy atom. The largest absolute Gasteiger partial charge is 0.422 e. The van der Waals surface area contributed by atoms with Crippen LogP contribution in [-0.2, 0) is 22.5 Å². The number of hydrogen-bond donors (Lipinski definition) is 1. The summed E-state index contributed by atoms with van der Waals surface area (Å²) in [6.07, 6.45) is 1.81. The number of hydrogen-bond acceptors (Lipinski definition) is 8. The predicted octanol–water partition coefficient (Wildman–Crippen LogP) is 1.57. The van der Waals surface area contributed by atoms with Crippen molar-refractivity contribution in [3.05, 3.63) is 29.5 Å². The second-order valence-electron chi connectivity index (χ2n) is 7.48. The molecule has 3 aromatic rings. The van der Waals surface area contributed by atoms with Crippen molar-refractivity contribution < 1.29 is 13.9 Å². The molecular weight excluding hydrogens is 386 g/mol. The fourth-order valence-electron chi connectivity index (χ4n) is 3.76. The number of oxazole rings is 1. The van der Waals surface area contributed by atoms with Gasteiger partial charge in [-0.3, -0.25) is 4.79 Å². The Hall–Kier alpha value is -3.01. The molecule has 1 aliphatic rings. The monoisotopic (exact) mass is 413 g/mol. The number of primary amides is 1. The van der Waals surface area contributed by atoms with Gasteiger partial charge in [0.25, 0.3) is 6.01 Å². The first-order valence-corrected chi connectivity index (χ1v) is 10.3. The number of pyridine rings is 1. The zero-order chi connectivity index (χ0) is 21.1. The number of aromatic nitrogens is 5. The van der Waals surface area contributed by atoms with Crippen LogP contribution in [0.25, 0.3) is 11.2 Å². The number of rotatable bonds is 8. The number of aryl methyl sites for hydroxylation is 1. The molecule has 160 valence electrons. The van der Waals surface area contributed by atoms with Gasteiger partial charge in [0.2, 0.25) is 11.6 Å². The minimum absolute atomic E-state index is 0.0444. The van der Waals surface area contributed by atoms with E-state index in [9.17, 15) is 4.79 Å². The summed E-state index contributed by atoms with van der Waals surface area (Å²) >= 11 is 0. The predicted molar refractivity (Wildman–Crippen MR) is 110 cm³/mol. The van der Waals surface area contributed by atoms with Gasteiger partial charge in [-0.2, -0.15) is 10.1 Å². The third kappa shape index (κ3) is 4.43. The summed E-state index contributed by atoms with van der Waals surface area (Å²) in [5.74, 6) is 1.16. The first kappa shape index (κ1) is 20.3. The summed E-state index contributed by atoms with van der Waals surface area (Å²) < 4.78 is 13.2. The third-order valence-electron chi connectivity index (χ3n) is 5.24. The summed E-state index contributed by atoms with van der Waals surface area (Å²) in [6, 6.07) is 4.43. The highest BCUT2D eigenvalue weighted by molar-refractivity contribution is 5.75. The first-order valence-electron chi connectivity index (χ1n) is 10.3. The van der Waals surface area contributed by atoms with Gasteiger partial charge >= 0.3 is 0 Å². The summed E-state index contributed by atoms with van der Waals surface area (Å²) in [5.41, 5.74) is 7.58. The minimum atomic E-state index is -0.432. The van der Waals surface area contributed by atoms with Crippen LogP contribution in [0, 0.1) is 6.92 Å². The van der Waals surface area contributed by atoms with Crippen LogP contribution in [0.4, 0.5) is 6.01 Å². The third-order valence-corrected chi connectivity index (χ3v) is 5.24. The van der Waals surface area contributed by atoms with Crippen molar-refractivity contribution in [2.75, 3.05) is 31.2 Å². The molecule has 0 unspecified atom stereocenters. The van der Waals surface area contributed by atoms with Crippen molar-refractivity contribution in [1.82, 2.24) is 24.7 Å². The van der Waals surface area contributed by atoms with Crippen molar-refractivity contribution in [3.8, 4) is 0 Å². The molecule has 10 nitrogen and oxygen atoms in total. The summed E-state index contributed by atoms with van der Waals surface area (Å²) in [6.45, 7) is 7.28. The number of carbonyl (C=O) groups excluding carboxylic acids is 1. The van der Waals surface area contributed by atoms with E-state index in [0.717, 1.165) is 37.4 Å². The normalized spacial score (nSPS) is 15.2. The molecule has 30 heavy (non-hydrogen) atoms. The van der Waals surface area contributed by atoms with Crippen LogP contribution in [0.3, 0.4) is 0 Å². The number of piperidine rings is 1. The molecule has 0 aliphatic carbocycles. The van der Waals surface area contributed by atoms with Gasteiger partial charge in [-0.1, -0.05) is 0 Å². The lowest BCUT2D eigenvalue weighted by Crippen LogP contribution is -2.34. The van der Waals surface area contributed by atoms with Gasteiger partial charge in [0.05, 0.1) is 19.6 Å². The number of anilines is 1. The van der Waals surface area contributed by atoms with Crippen molar-refractivity contribution in [3.63, 3.8) is 0 Å². The lowest BCUT2D eigenvalue weighted by Gasteiger charge is -2.30. The van der Waals surface area contributed by atoms with Crippen molar-refractivity contribution >= 4 is 23.2 Å². The molecule has 0 spiro atoms. The van der Waals surface area contributed by atoms with E-state index in [1.54, 1.807) is 0 Å². The lowest BCUT2D eigenvalue weighted by molar-refractivity contribution is -0.117. The fraction of sp³-hybridized carbons (Fsp3) is 0.550. The smallest absolute Gasteiger partial charge is 0.299 e. The molecule has 0 atom stereocenters. The molecule has 4 heterocycles. The maximum absolute atomic E-state index is 11.3. The summed E-state index contributed by atoms with van der Waals surface area (Å²) in [7, 11) is 0. The summed E-state index contributed by atoms with van der Waals surface area (Å²) in [5, 5.41) is 4.48. The van der Waals surface area contributed by atoms with Gasteiger partial charge in [-0.05, 0) is 38.8 Å². The topological polar surface area (TPSA) is 125 Å². The quantitative estimate of drug-likeness (QED) is 0.552. The van der Waals surface area contributed by atoms with Crippen molar-refractivity contribution in [1.29, 1.82) is 0 Å². The molecule has 2 N–H and O–H groups in total. The lowest BCUT2D eigenvalue weighted by atomic mass is 9.96. The standard InChI is InChI=1S/C20H27N7O3/c1-3-29-11-10-27-19(23-17(25-27)12-16(21)28)14-6-8-26(9-7-14)20-24-18-15(30-20)5-4-13(2)22-18/h4-5,14H,3,6-12H2,1-2H3,(H2,21,28). The van der Waals surface area contributed by atoms with E-state index in [-0.39, 0.29) is 12.3 Å². The van der Waals surface area contributed by atoms with E-state index < -0.39 is 5.91 Å². The van der Waals surface area contributed by atoms with E-state index in [1.807, 2.05) is 30.7 Å². The van der Waals surface area contributed by atoms with Gasteiger partial charge in [0.1, 0.15) is 5.82 Å². The Balaban J connectivity index is 1.46. The number of carbonyl (C=O) groups is 1.